The first-order valence-corrected chi connectivity index (χ1v) is 9.00. The number of imidazole rings is 1. The van der Waals surface area contributed by atoms with E-state index in [9.17, 15) is 18.0 Å². The molecule has 0 spiro atoms. The van der Waals surface area contributed by atoms with Gasteiger partial charge in [-0.1, -0.05) is 42.1 Å². The summed E-state index contributed by atoms with van der Waals surface area (Å²) in [5, 5.41) is 3.26. The van der Waals surface area contributed by atoms with Crippen LogP contribution in [-0.4, -0.2) is 21.2 Å². The second-order valence-corrected chi connectivity index (χ2v) is 6.71. The molecule has 2 aromatic carbocycles. The molecular weight excluding hydrogens is 375 g/mol. The van der Waals surface area contributed by atoms with Crippen LogP contribution in [0.3, 0.4) is 0 Å². The summed E-state index contributed by atoms with van der Waals surface area (Å²) < 4.78 is 39.6. The number of rotatable bonds is 5. The summed E-state index contributed by atoms with van der Waals surface area (Å²) >= 11 is 1.26. The minimum Gasteiger partial charge on any atom is -0.325 e. The van der Waals surface area contributed by atoms with Crippen LogP contribution in [0, 0.1) is 0 Å². The van der Waals surface area contributed by atoms with Crippen LogP contribution in [0.5, 0.6) is 0 Å². The van der Waals surface area contributed by atoms with E-state index in [1.165, 1.54) is 23.9 Å². The third-order valence-electron chi connectivity index (χ3n) is 3.84. The van der Waals surface area contributed by atoms with Crippen LogP contribution in [0.15, 0.2) is 66.0 Å². The van der Waals surface area contributed by atoms with Gasteiger partial charge in [0.15, 0.2) is 5.16 Å². The van der Waals surface area contributed by atoms with Gasteiger partial charge in [0.1, 0.15) is 0 Å². The van der Waals surface area contributed by atoms with Crippen LogP contribution in [0.25, 0.3) is 11.3 Å². The normalized spacial score (nSPS) is 11.4. The Kier molecular flexibility index (Phi) is 5.55. The molecule has 0 aliphatic rings. The molecule has 1 aromatic heterocycles. The molecule has 1 heterocycles. The molecule has 0 atom stereocenters. The zero-order valence-electron chi connectivity index (χ0n) is 14.3. The number of alkyl halides is 3. The minimum absolute atomic E-state index is 0.0973. The molecule has 0 aliphatic heterocycles. The summed E-state index contributed by atoms with van der Waals surface area (Å²) in [6.45, 7) is 0. The average Bonchev–Trinajstić information content (AvgIpc) is 3.01. The van der Waals surface area contributed by atoms with E-state index in [0.717, 1.165) is 23.4 Å². The van der Waals surface area contributed by atoms with Crippen molar-refractivity contribution < 1.29 is 18.0 Å². The van der Waals surface area contributed by atoms with Gasteiger partial charge in [-0.2, -0.15) is 13.2 Å². The third-order valence-corrected chi connectivity index (χ3v) is 4.89. The maximum absolute atomic E-state index is 12.6. The zero-order valence-corrected chi connectivity index (χ0v) is 15.1. The van der Waals surface area contributed by atoms with Gasteiger partial charge >= 0.3 is 6.18 Å². The van der Waals surface area contributed by atoms with E-state index in [4.69, 9.17) is 0 Å². The summed E-state index contributed by atoms with van der Waals surface area (Å²) in [6, 6.07) is 14.1. The first kappa shape index (κ1) is 19.0. The lowest BCUT2D eigenvalue weighted by Gasteiger charge is -2.09. The number of carbonyl (C=O) groups is 1. The Hall–Kier alpha value is -2.74. The maximum Gasteiger partial charge on any atom is 0.416 e. The van der Waals surface area contributed by atoms with E-state index in [2.05, 4.69) is 10.3 Å². The van der Waals surface area contributed by atoms with E-state index in [-0.39, 0.29) is 11.7 Å². The third kappa shape index (κ3) is 4.71. The van der Waals surface area contributed by atoms with Crippen molar-refractivity contribution >= 4 is 23.4 Å². The van der Waals surface area contributed by atoms with Gasteiger partial charge in [0.2, 0.25) is 5.91 Å². The molecule has 0 unspecified atom stereocenters. The highest BCUT2D eigenvalue weighted by Gasteiger charge is 2.29. The second kappa shape index (κ2) is 7.87. The predicted molar refractivity (Wildman–Crippen MR) is 99.4 cm³/mol. The van der Waals surface area contributed by atoms with Crippen molar-refractivity contribution in [3.8, 4) is 11.3 Å². The Morgan fingerprint density at radius 3 is 2.41 bits per heavy atom. The van der Waals surface area contributed by atoms with Crippen molar-refractivity contribution in [2.45, 2.75) is 11.3 Å². The van der Waals surface area contributed by atoms with E-state index < -0.39 is 11.7 Å². The van der Waals surface area contributed by atoms with Gasteiger partial charge in [0.25, 0.3) is 0 Å². The number of carbonyl (C=O) groups excluding carboxylic acids is 1. The molecule has 0 bridgehead atoms. The number of anilines is 1. The second-order valence-electron chi connectivity index (χ2n) is 5.76. The molecule has 0 saturated carbocycles. The molecule has 4 nitrogen and oxygen atoms in total. The number of thioether (sulfide) groups is 1. The Morgan fingerprint density at radius 1 is 1.11 bits per heavy atom. The first-order valence-electron chi connectivity index (χ1n) is 8.01. The summed E-state index contributed by atoms with van der Waals surface area (Å²) in [5.74, 6) is -0.218. The fourth-order valence-corrected chi connectivity index (χ4v) is 3.23. The van der Waals surface area contributed by atoms with Crippen LogP contribution in [0.4, 0.5) is 18.9 Å². The van der Waals surface area contributed by atoms with Crippen molar-refractivity contribution in [2.24, 2.45) is 7.05 Å². The lowest BCUT2D eigenvalue weighted by atomic mass is 10.2. The smallest absolute Gasteiger partial charge is 0.325 e. The molecule has 3 aromatic rings. The molecule has 0 radical (unpaired) electrons. The molecule has 27 heavy (non-hydrogen) atoms. The largest absolute Gasteiger partial charge is 0.416 e. The average molecular weight is 391 g/mol. The topological polar surface area (TPSA) is 46.9 Å². The number of halogens is 3. The zero-order chi connectivity index (χ0) is 19.4. The number of hydrogen-bond acceptors (Lipinski definition) is 3. The Bertz CT molecular complexity index is 922. The molecule has 1 amide bonds. The van der Waals surface area contributed by atoms with Crippen molar-refractivity contribution in [2.75, 3.05) is 11.1 Å². The fourth-order valence-electron chi connectivity index (χ4n) is 2.47. The maximum atomic E-state index is 12.6. The monoisotopic (exact) mass is 391 g/mol. The molecule has 8 heteroatoms. The van der Waals surface area contributed by atoms with E-state index in [1.54, 1.807) is 6.20 Å². The molecule has 140 valence electrons. The lowest BCUT2D eigenvalue weighted by Crippen LogP contribution is -2.14. The highest BCUT2D eigenvalue weighted by Crippen LogP contribution is 2.30. The number of amides is 1. The van der Waals surface area contributed by atoms with Crippen molar-refractivity contribution in [1.82, 2.24) is 9.55 Å². The van der Waals surface area contributed by atoms with E-state index in [0.29, 0.717) is 10.8 Å². The summed E-state index contributed by atoms with van der Waals surface area (Å²) in [5.41, 5.74) is 1.52. The fraction of sp³-hybridized carbons (Fsp3) is 0.158. The number of hydrogen-bond donors (Lipinski definition) is 1. The number of benzene rings is 2. The Labute approximate surface area is 158 Å². The molecule has 0 saturated heterocycles. The molecule has 0 fully saturated rings. The van der Waals surface area contributed by atoms with Gasteiger partial charge in [0, 0.05) is 12.7 Å². The lowest BCUT2D eigenvalue weighted by molar-refractivity contribution is -0.137. The van der Waals surface area contributed by atoms with Crippen molar-refractivity contribution in [3.63, 3.8) is 0 Å². The molecule has 1 N–H and O–H groups in total. The summed E-state index contributed by atoms with van der Waals surface area (Å²) in [7, 11) is 1.87. The highest BCUT2D eigenvalue weighted by molar-refractivity contribution is 7.99. The van der Waals surface area contributed by atoms with Crippen LogP contribution >= 0.6 is 11.8 Å². The highest BCUT2D eigenvalue weighted by atomic mass is 32.2. The van der Waals surface area contributed by atoms with E-state index in [1.807, 2.05) is 41.9 Å². The van der Waals surface area contributed by atoms with Gasteiger partial charge in [-0.25, -0.2) is 4.98 Å². The standard InChI is InChI=1S/C19H16F3N3OS/c1-25-16(13-5-3-2-4-6-13)11-23-18(25)27-12-17(26)24-15-9-7-14(8-10-15)19(20,21)22/h2-11H,12H2,1H3,(H,24,26). The molecule has 0 aliphatic carbocycles. The van der Waals surface area contributed by atoms with Crippen molar-refractivity contribution in [3.05, 3.63) is 66.4 Å². The first-order chi connectivity index (χ1) is 12.8. The molecular formula is C19H16F3N3OS. The number of aromatic nitrogens is 2. The van der Waals surface area contributed by atoms with Crippen LogP contribution in [-0.2, 0) is 18.0 Å². The van der Waals surface area contributed by atoms with E-state index >= 15 is 0 Å². The van der Waals surface area contributed by atoms with Gasteiger partial charge in [-0.15, -0.1) is 0 Å². The quantitative estimate of drug-likeness (QED) is 0.634. The van der Waals surface area contributed by atoms with Gasteiger partial charge in [0.05, 0.1) is 23.2 Å². The Balaban J connectivity index is 1.59. The predicted octanol–water partition coefficient (Wildman–Crippen LogP) is 4.84. The number of nitrogens with zero attached hydrogens (tertiary/aromatic N) is 2. The van der Waals surface area contributed by atoms with Crippen molar-refractivity contribution in [1.29, 1.82) is 0 Å². The summed E-state index contributed by atoms with van der Waals surface area (Å²) in [6.07, 6.45) is -2.65. The Morgan fingerprint density at radius 2 is 1.78 bits per heavy atom. The number of nitrogens with one attached hydrogen (secondary N) is 1. The minimum atomic E-state index is -4.40. The van der Waals surface area contributed by atoms with Gasteiger partial charge in [-0.05, 0) is 29.8 Å². The van der Waals surface area contributed by atoms with Gasteiger partial charge in [-0.3, -0.25) is 4.79 Å². The van der Waals surface area contributed by atoms with Crippen LogP contribution in [0.1, 0.15) is 5.56 Å². The van der Waals surface area contributed by atoms with Crippen LogP contribution in [0.2, 0.25) is 0 Å². The van der Waals surface area contributed by atoms with Crippen LogP contribution < -0.4 is 5.32 Å². The SMILES string of the molecule is Cn1c(-c2ccccc2)cnc1SCC(=O)Nc1ccc(C(F)(F)F)cc1. The molecule has 3 rings (SSSR count). The van der Waals surface area contributed by atoms with Gasteiger partial charge < -0.3 is 9.88 Å². The summed E-state index contributed by atoms with van der Waals surface area (Å²) in [4.78, 5) is 16.4.